The van der Waals surface area contributed by atoms with E-state index in [9.17, 15) is 9.90 Å². The van der Waals surface area contributed by atoms with E-state index in [-0.39, 0.29) is 0 Å². The number of aromatic nitrogens is 2. The summed E-state index contributed by atoms with van der Waals surface area (Å²) in [6, 6.07) is 5.78. The van der Waals surface area contributed by atoms with Crippen molar-refractivity contribution >= 4 is 5.97 Å². The van der Waals surface area contributed by atoms with Gasteiger partial charge in [0.15, 0.2) is 0 Å². The summed E-state index contributed by atoms with van der Waals surface area (Å²) in [5.41, 5.74) is 4.69. The van der Waals surface area contributed by atoms with E-state index >= 15 is 0 Å². The minimum Gasteiger partial charge on any atom is -0.480 e. The van der Waals surface area contributed by atoms with Crippen LogP contribution in [0.1, 0.15) is 16.7 Å². The zero-order chi connectivity index (χ0) is 17.3. The Morgan fingerprint density at radius 3 is 2.79 bits per heavy atom. The van der Waals surface area contributed by atoms with Crippen LogP contribution >= 0.6 is 0 Å². The standard InChI is InChI=1S/C18H24N4O2/c1-13-9-14(2)15(16(10-13)22-6-4-5-19-22)11-21-8-7-20(3)17(12-21)18(23)24/h4-6,9-10,17H,7-8,11-12H2,1-3H3,(H,23,24). The number of carbonyl (C=O) groups is 1. The Bertz CT molecular complexity index is 727. The van der Waals surface area contributed by atoms with E-state index in [0.717, 1.165) is 25.3 Å². The van der Waals surface area contributed by atoms with Crippen LogP contribution in [0.15, 0.2) is 30.6 Å². The number of rotatable bonds is 4. The van der Waals surface area contributed by atoms with E-state index in [1.54, 1.807) is 6.20 Å². The van der Waals surface area contributed by atoms with E-state index in [1.807, 2.05) is 28.9 Å². The number of piperazine rings is 1. The van der Waals surface area contributed by atoms with Crippen molar-refractivity contribution in [2.75, 3.05) is 26.7 Å². The molecule has 1 atom stereocenters. The molecule has 1 unspecified atom stereocenters. The number of nitrogens with zero attached hydrogens (tertiary/aromatic N) is 4. The van der Waals surface area contributed by atoms with Gasteiger partial charge in [0.05, 0.1) is 5.69 Å². The van der Waals surface area contributed by atoms with Crippen LogP contribution in [-0.2, 0) is 11.3 Å². The van der Waals surface area contributed by atoms with Gasteiger partial charge in [0.25, 0.3) is 0 Å². The molecule has 1 aliphatic rings. The fraction of sp³-hybridized carbons (Fsp3) is 0.444. The minimum atomic E-state index is -0.755. The van der Waals surface area contributed by atoms with E-state index in [2.05, 4.69) is 36.0 Å². The van der Waals surface area contributed by atoms with Crippen LogP contribution < -0.4 is 0 Å². The largest absolute Gasteiger partial charge is 0.480 e. The highest BCUT2D eigenvalue weighted by atomic mass is 16.4. The predicted octanol–water partition coefficient (Wildman–Crippen LogP) is 1.69. The summed E-state index contributed by atoms with van der Waals surface area (Å²) in [4.78, 5) is 15.6. The summed E-state index contributed by atoms with van der Waals surface area (Å²) in [5.74, 6) is -0.755. The lowest BCUT2D eigenvalue weighted by atomic mass is 10.0. The molecule has 0 bridgehead atoms. The Morgan fingerprint density at radius 1 is 1.33 bits per heavy atom. The van der Waals surface area contributed by atoms with Crippen molar-refractivity contribution in [2.24, 2.45) is 0 Å². The van der Waals surface area contributed by atoms with Gasteiger partial charge >= 0.3 is 5.97 Å². The first-order chi connectivity index (χ1) is 11.5. The molecule has 1 saturated heterocycles. The molecule has 0 saturated carbocycles. The first kappa shape index (κ1) is 16.7. The number of carboxylic acid groups (broad SMARTS) is 1. The summed E-state index contributed by atoms with van der Waals surface area (Å²) in [6.07, 6.45) is 3.72. The number of likely N-dealkylation sites (N-methyl/N-ethyl adjacent to an activating group) is 1. The molecule has 1 fully saturated rings. The van der Waals surface area contributed by atoms with Crippen LogP contribution in [0.3, 0.4) is 0 Å². The first-order valence-corrected chi connectivity index (χ1v) is 8.21. The van der Waals surface area contributed by atoms with Gasteiger partial charge in [0.1, 0.15) is 6.04 Å². The quantitative estimate of drug-likeness (QED) is 0.925. The van der Waals surface area contributed by atoms with Crippen molar-refractivity contribution in [3.63, 3.8) is 0 Å². The van der Waals surface area contributed by atoms with Crippen molar-refractivity contribution in [3.05, 3.63) is 47.3 Å². The lowest BCUT2D eigenvalue weighted by Gasteiger charge is -2.37. The van der Waals surface area contributed by atoms with Gasteiger partial charge in [-0.05, 0) is 49.7 Å². The topological polar surface area (TPSA) is 61.6 Å². The third-order valence-electron chi connectivity index (χ3n) is 4.74. The molecule has 0 amide bonds. The average Bonchev–Trinajstić information content (AvgIpc) is 3.05. The lowest BCUT2D eigenvalue weighted by molar-refractivity contribution is -0.145. The highest BCUT2D eigenvalue weighted by Gasteiger charge is 2.30. The number of hydrogen-bond donors (Lipinski definition) is 1. The van der Waals surface area contributed by atoms with E-state index in [0.29, 0.717) is 6.54 Å². The van der Waals surface area contributed by atoms with Gasteiger partial charge in [0, 0.05) is 38.6 Å². The summed E-state index contributed by atoms with van der Waals surface area (Å²) < 4.78 is 1.89. The summed E-state index contributed by atoms with van der Waals surface area (Å²) in [7, 11) is 1.88. The molecular weight excluding hydrogens is 304 g/mol. The Labute approximate surface area is 142 Å². The van der Waals surface area contributed by atoms with Gasteiger partial charge in [-0.2, -0.15) is 5.10 Å². The highest BCUT2D eigenvalue weighted by Crippen LogP contribution is 2.23. The number of aliphatic carboxylic acids is 1. The monoisotopic (exact) mass is 328 g/mol. The second-order valence-corrected chi connectivity index (χ2v) is 6.60. The summed E-state index contributed by atoms with van der Waals surface area (Å²) in [5, 5.41) is 13.8. The van der Waals surface area contributed by atoms with Crippen molar-refractivity contribution in [3.8, 4) is 5.69 Å². The zero-order valence-corrected chi connectivity index (χ0v) is 14.4. The fourth-order valence-electron chi connectivity index (χ4n) is 3.36. The Kier molecular flexibility index (Phi) is 4.69. The maximum absolute atomic E-state index is 11.4. The molecule has 1 aromatic carbocycles. The van der Waals surface area contributed by atoms with Gasteiger partial charge < -0.3 is 5.11 Å². The molecule has 0 aliphatic carbocycles. The summed E-state index contributed by atoms with van der Waals surface area (Å²) in [6.45, 7) is 7.10. The van der Waals surface area contributed by atoms with E-state index in [4.69, 9.17) is 0 Å². The SMILES string of the molecule is Cc1cc(C)c(CN2CCN(C)C(C(=O)O)C2)c(-n2cccn2)c1. The minimum absolute atomic E-state index is 0.447. The third kappa shape index (κ3) is 3.34. The van der Waals surface area contributed by atoms with Crippen molar-refractivity contribution in [1.82, 2.24) is 19.6 Å². The van der Waals surface area contributed by atoms with Gasteiger partial charge in [-0.25, -0.2) is 4.68 Å². The molecule has 24 heavy (non-hydrogen) atoms. The van der Waals surface area contributed by atoms with Gasteiger partial charge in [-0.15, -0.1) is 0 Å². The van der Waals surface area contributed by atoms with Gasteiger partial charge in [-0.3, -0.25) is 14.6 Å². The smallest absolute Gasteiger partial charge is 0.322 e. The van der Waals surface area contributed by atoms with Crippen molar-refractivity contribution in [2.45, 2.75) is 26.4 Å². The molecule has 6 heteroatoms. The molecule has 6 nitrogen and oxygen atoms in total. The molecule has 0 radical (unpaired) electrons. The van der Waals surface area contributed by atoms with Crippen LogP contribution in [0.4, 0.5) is 0 Å². The summed E-state index contributed by atoms with van der Waals surface area (Å²) >= 11 is 0. The van der Waals surface area contributed by atoms with Crippen LogP contribution in [-0.4, -0.2) is 63.4 Å². The number of carboxylic acids is 1. The number of aryl methyl sites for hydroxylation is 2. The second-order valence-electron chi connectivity index (χ2n) is 6.60. The second kappa shape index (κ2) is 6.75. The molecule has 2 aromatic rings. The maximum atomic E-state index is 11.4. The van der Waals surface area contributed by atoms with Crippen LogP contribution in [0, 0.1) is 13.8 Å². The van der Waals surface area contributed by atoms with Crippen molar-refractivity contribution in [1.29, 1.82) is 0 Å². The Balaban J connectivity index is 1.89. The molecule has 1 aromatic heterocycles. The molecule has 2 heterocycles. The van der Waals surface area contributed by atoms with Gasteiger partial charge in [0.2, 0.25) is 0 Å². The molecule has 1 aliphatic heterocycles. The number of benzene rings is 1. The van der Waals surface area contributed by atoms with Crippen LogP contribution in [0.5, 0.6) is 0 Å². The predicted molar refractivity (Wildman–Crippen MR) is 92.4 cm³/mol. The molecule has 0 spiro atoms. The normalized spacial score (nSPS) is 19.5. The van der Waals surface area contributed by atoms with Crippen LogP contribution in [0.2, 0.25) is 0 Å². The average molecular weight is 328 g/mol. The zero-order valence-electron chi connectivity index (χ0n) is 14.4. The Hall–Kier alpha value is -2.18. The first-order valence-electron chi connectivity index (χ1n) is 8.21. The Morgan fingerprint density at radius 2 is 2.12 bits per heavy atom. The molecule has 1 N–H and O–H groups in total. The van der Waals surface area contributed by atoms with E-state index in [1.165, 1.54) is 16.7 Å². The third-order valence-corrected chi connectivity index (χ3v) is 4.74. The number of hydrogen-bond acceptors (Lipinski definition) is 4. The van der Waals surface area contributed by atoms with Gasteiger partial charge in [-0.1, -0.05) is 6.07 Å². The lowest BCUT2D eigenvalue weighted by Crippen LogP contribution is -2.54. The fourth-order valence-corrected chi connectivity index (χ4v) is 3.36. The molecule has 3 rings (SSSR count). The highest BCUT2D eigenvalue weighted by molar-refractivity contribution is 5.73. The van der Waals surface area contributed by atoms with Crippen LogP contribution in [0.25, 0.3) is 5.69 Å². The van der Waals surface area contributed by atoms with Crippen molar-refractivity contribution < 1.29 is 9.90 Å². The molecule has 128 valence electrons. The molecular formula is C18H24N4O2. The maximum Gasteiger partial charge on any atom is 0.322 e. The van der Waals surface area contributed by atoms with E-state index < -0.39 is 12.0 Å².